The Bertz CT molecular complexity index is 494. The maximum Gasteiger partial charge on any atom is 0.148 e. The number of morpholine rings is 1. The van der Waals surface area contributed by atoms with Gasteiger partial charge in [-0.2, -0.15) is 0 Å². The molecule has 0 radical (unpaired) electrons. The largest absolute Gasteiger partial charge is 0.394 e. The first-order chi connectivity index (χ1) is 9.97. The van der Waals surface area contributed by atoms with E-state index in [4.69, 9.17) is 15.6 Å². The minimum atomic E-state index is -0.188. The summed E-state index contributed by atoms with van der Waals surface area (Å²) in [6.45, 7) is 9.31. The maximum absolute atomic E-state index is 9.34. The van der Waals surface area contributed by atoms with Gasteiger partial charge < -0.3 is 20.2 Å². The lowest BCUT2D eigenvalue weighted by molar-refractivity contribution is -0.0106. The Balaban J connectivity index is 2.43. The first kappa shape index (κ1) is 15.9. The highest BCUT2D eigenvalue weighted by atomic mass is 16.5. The summed E-state index contributed by atoms with van der Waals surface area (Å²) >= 11 is 0. The number of aromatic nitrogens is 2. The first-order valence-electron chi connectivity index (χ1n) is 7.32. The number of aliphatic hydroxyl groups excluding tert-OH is 1. The number of aliphatic hydroxyl groups is 1. The standard InChI is InChI=1S/C14H25N5O2/c1-8(2)12-16-13(18-15)10(4)14(17-12)19-5-11(6-20)21-7-9(19)3/h8-9,11,20H,5-7,15H2,1-4H3,(H,16,17,18). The van der Waals surface area contributed by atoms with Gasteiger partial charge in [-0.25, -0.2) is 15.8 Å². The highest BCUT2D eigenvalue weighted by Gasteiger charge is 2.29. The quantitative estimate of drug-likeness (QED) is 0.558. The average molecular weight is 295 g/mol. The Hall–Kier alpha value is -1.44. The number of anilines is 2. The average Bonchev–Trinajstić information content (AvgIpc) is 2.48. The highest BCUT2D eigenvalue weighted by Crippen LogP contribution is 2.28. The van der Waals surface area contributed by atoms with E-state index in [1.807, 2.05) is 20.8 Å². The molecular formula is C14H25N5O2. The van der Waals surface area contributed by atoms with Gasteiger partial charge in [0.15, 0.2) is 0 Å². The van der Waals surface area contributed by atoms with Crippen LogP contribution in [0.4, 0.5) is 11.6 Å². The zero-order valence-electron chi connectivity index (χ0n) is 13.1. The third-order valence-electron chi connectivity index (χ3n) is 3.77. The molecule has 1 fully saturated rings. The minimum Gasteiger partial charge on any atom is -0.394 e. The summed E-state index contributed by atoms with van der Waals surface area (Å²) in [5.41, 5.74) is 3.56. The van der Waals surface area contributed by atoms with Crippen LogP contribution in [0.15, 0.2) is 0 Å². The summed E-state index contributed by atoms with van der Waals surface area (Å²) < 4.78 is 5.59. The molecule has 1 aromatic heterocycles. The van der Waals surface area contributed by atoms with Crippen molar-refractivity contribution in [2.24, 2.45) is 5.84 Å². The van der Waals surface area contributed by atoms with Crippen molar-refractivity contribution in [3.63, 3.8) is 0 Å². The Kier molecular flexibility index (Phi) is 4.97. The van der Waals surface area contributed by atoms with E-state index in [1.165, 1.54) is 0 Å². The van der Waals surface area contributed by atoms with E-state index in [2.05, 4.69) is 22.2 Å². The van der Waals surface area contributed by atoms with E-state index in [9.17, 15) is 5.11 Å². The smallest absolute Gasteiger partial charge is 0.148 e. The van der Waals surface area contributed by atoms with Gasteiger partial charge in [-0.05, 0) is 13.8 Å². The fourth-order valence-corrected chi connectivity index (χ4v) is 2.42. The second-order valence-electron chi connectivity index (χ2n) is 5.82. The van der Waals surface area contributed by atoms with Crippen molar-refractivity contribution in [3.8, 4) is 0 Å². The molecule has 2 heterocycles. The van der Waals surface area contributed by atoms with Crippen LogP contribution < -0.4 is 16.2 Å². The van der Waals surface area contributed by atoms with E-state index in [0.717, 1.165) is 17.2 Å². The van der Waals surface area contributed by atoms with Crippen molar-refractivity contribution in [1.82, 2.24) is 9.97 Å². The maximum atomic E-state index is 9.34. The second-order valence-corrected chi connectivity index (χ2v) is 5.82. The number of nitrogen functional groups attached to an aromatic ring is 1. The second kappa shape index (κ2) is 6.55. The third kappa shape index (κ3) is 3.25. The Labute approximate surface area is 125 Å². The predicted molar refractivity (Wildman–Crippen MR) is 82.3 cm³/mol. The van der Waals surface area contributed by atoms with Gasteiger partial charge in [0.1, 0.15) is 17.5 Å². The Morgan fingerprint density at radius 2 is 2.19 bits per heavy atom. The first-order valence-corrected chi connectivity index (χ1v) is 7.32. The molecule has 0 bridgehead atoms. The Morgan fingerprint density at radius 3 is 2.76 bits per heavy atom. The zero-order chi connectivity index (χ0) is 15.6. The fourth-order valence-electron chi connectivity index (χ4n) is 2.42. The molecular weight excluding hydrogens is 270 g/mol. The monoisotopic (exact) mass is 295 g/mol. The number of nitrogens with one attached hydrogen (secondary N) is 1. The lowest BCUT2D eigenvalue weighted by Crippen LogP contribution is -2.50. The Morgan fingerprint density at radius 1 is 1.48 bits per heavy atom. The van der Waals surface area contributed by atoms with Crippen LogP contribution in [-0.4, -0.2) is 47.0 Å². The van der Waals surface area contributed by atoms with Crippen molar-refractivity contribution >= 4 is 11.6 Å². The van der Waals surface area contributed by atoms with Crippen molar-refractivity contribution < 1.29 is 9.84 Å². The number of hydrogen-bond donors (Lipinski definition) is 3. The minimum absolute atomic E-state index is 0.00633. The lowest BCUT2D eigenvalue weighted by atomic mass is 10.1. The molecule has 0 saturated carbocycles. The molecule has 1 aromatic rings. The van der Waals surface area contributed by atoms with Gasteiger partial charge >= 0.3 is 0 Å². The van der Waals surface area contributed by atoms with Crippen LogP contribution >= 0.6 is 0 Å². The molecule has 0 amide bonds. The van der Waals surface area contributed by atoms with Crippen LogP contribution in [0.1, 0.15) is 38.1 Å². The molecule has 2 rings (SSSR count). The summed E-state index contributed by atoms with van der Waals surface area (Å²) in [6.07, 6.45) is -0.188. The number of ether oxygens (including phenoxy) is 1. The highest BCUT2D eigenvalue weighted by molar-refractivity contribution is 5.59. The predicted octanol–water partition coefficient (Wildman–Crippen LogP) is 0.780. The summed E-state index contributed by atoms with van der Waals surface area (Å²) in [5, 5.41) is 9.34. The SMILES string of the molecule is Cc1c(NN)nc(C(C)C)nc1N1CC(CO)OCC1C. The molecule has 1 aliphatic heterocycles. The summed E-state index contributed by atoms with van der Waals surface area (Å²) in [6, 6.07) is 0.187. The van der Waals surface area contributed by atoms with Crippen LogP contribution in [0.5, 0.6) is 0 Å². The molecule has 0 aliphatic carbocycles. The molecule has 118 valence electrons. The summed E-state index contributed by atoms with van der Waals surface area (Å²) in [4.78, 5) is 11.3. The summed E-state index contributed by atoms with van der Waals surface area (Å²) in [7, 11) is 0. The third-order valence-corrected chi connectivity index (χ3v) is 3.77. The van der Waals surface area contributed by atoms with E-state index in [0.29, 0.717) is 19.0 Å². The van der Waals surface area contributed by atoms with Crippen molar-refractivity contribution in [1.29, 1.82) is 0 Å². The van der Waals surface area contributed by atoms with Crippen molar-refractivity contribution in [2.45, 2.75) is 45.8 Å². The van der Waals surface area contributed by atoms with Gasteiger partial charge in [-0.3, -0.25) is 0 Å². The molecule has 7 heteroatoms. The van der Waals surface area contributed by atoms with Crippen molar-refractivity contribution in [3.05, 3.63) is 11.4 Å². The van der Waals surface area contributed by atoms with Gasteiger partial charge in [-0.15, -0.1) is 0 Å². The van der Waals surface area contributed by atoms with Crippen LogP contribution in [0, 0.1) is 6.92 Å². The van der Waals surface area contributed by atoms with Crippen LogP contribution in [0.3, 0.4) is 0 Å². The number of rotatable bonds is 4. The molecule has 0 aromatic carbocycles. The molecule has 2 atom stereocenters. The van der Waals surface area contributed by atoms with Crippen LogP contribution in [0.2, 0.25) is 0 Å². The number of hydrogen-bond acceptors (Lipinski definition) is 7. The normalized spacial score (nSPS) is 22.7. The van der Waals surface area contributed by atoms with Gasteiger partial charge in [0.25, 0.3) is 0 Å². The lowest BCUT2D eigenvalue weighted by Gasteiger charge is -2.39. The molecule has 2 unspecified atom stereocenters. The molecule has 7 nitrogen and oxygen atoms in total. The summed E-state index contributed by atoms with van der Waals surface area (Å²) in [5.74, 6) is 8.04. The fraction of sp³-hybridized carbons (Fsp3) is 0.714. The van der Waals surface area contributed by atoms with E-state index < -0.39 is 0 Å². The van der Waals surface area contributed by atoms with E-state index in [-0.39, 0.29) is 24.7 Å². The molecule has 0 spiro atoms. The van der Waals surface area contributed by atoms with E-state index >= 15 is 0 Å². The molecule has 1 aliphatic rings. The van der Waals surface area contributed by atoms with Gasteiger partial charge in [0, 0.05) is 18.0 Å². The van der Waals surface area contributed by atoms with Crippen LogP contribution in [0.25, 0.3) is 0 Å². The van der Waals surface area contributed by atoms with Gasteiger partial charge in [-0.1, -0.05) is 13.8 Å². The number of nitrogens with zero attached hydrogens (tertiary/aromatic N) is 3. The van der Waals surface area contributed by atoms with E-state index in [1.54, 1.807) is 0 Å². The number of nitrogens with two attached hydrogens (primary N) is 1. The van der Waals surface area contributed by atoms with Crippen molar-refractivity contribution in [2.75, 3.05) is 30.1 Å². The zero-order valence-corrected chi connectivity index (χ0v) is 13.1. The topological polar surface area (TPSA) is 96.5 Å². The van der Waals surface area contributed by atoms with Gasteiger partial charge in [0.2, 0.25) is 0 Å². The van der Waals surface area contributed by atoms with Gasteiger partial charge in [0.05, 0.1) is 25.4 Å². The molecule has 21 heavy (non-hydrogen) atoms. The van der Waals surface area contributed by atoms with Crippen LogP contribution in [-0.2, 0) is 4.74 Å². The molecule has 1 saturated heterocycles. The number of hydrazine groups is 1. The molecule has 4 N–H and O–H groups in total.